The summed E-state index contributed by atoms with van der Waals surface area (Å²) in [7, 11) is 0. The first-order valence-corrected chi connectivity index (χ1v) is 17.7. The van der Waals surface area contributed by atoms with Crippen molar-refractivity contribution >= 4 is 103 Å². The van der Waals surface area contributed by atoms with Crippen LogP contribution in [0.25, 0.3) is 85.9 Å². The van der Waals surface area contributed by atoms with E-state index in [-0.39, 0.29) is 0 Å². The van der Waals surface area contributed by atoms with Crippen LogP contribution in [0.2, 0.25) is 0 Å². The third-order valence-electron chi connectivity index (χ3n) is 10.1. The Labute approximate surface area is 290 Å². The summed E-state index contributed by atoms with van der Waals surface area (Å²) in [5.41, 5.74) is 8.76. The SMILES string of the molecule is c1ccc2cc(-c3ccc(N(c4cccc5c4oc4ccccc45)c4cccc5c4oc4c5ccc5sc6ccccc6c54)cc3)ccc2c1. The quantitative estimate of drug-likeness (QED) is 0.189. The van der Waals surface area contributed by atoms with Crippen LogP contribution in [-0.4, -0.2) is 0 Å². The minimum atomic E-state index is 0.839. The molecule has 0 aliphatic heterocycles. The molecule has 50 heavy (non-hydrogen) atoms. The lowest BCUT2D eigenvalue weighted by molar-refractivity contribution is 0.667. The molecular formula is C46H27NO2S. The average Bonchev–Trinajstić information content (AvgIpc) is 3.87. The van der Waals surface area contributed by atoms with Crippen LogP contribution >= 0.6 is 11.3 Å². The zero-order valence-electron chi connectivity index (χ0n) is 26.8. The highest BCUT2D eigenvalue weighted by Crippen LogP contribution is 2.48. The molecule has 0 amide bonds. The van der Waals surface area contributed by atoms with Gasteiger partial charge in [-0.1, -0.05) is 109 Å². The minimum Gasteiger partial charge on any atom is -0.454 e. The third kappa shape index (κ3) is 4.03. The van der Waals surface area contributed by atoms with E-state index in [2.05, 4.69) is 157 Å². The Bertz CT molecular complexity index is 3110. The smallest absolute Gasteiger partial charge is 0.159 e. The molecule has 0 radical (unpaired) electrons. The number of fused-ring (bicyclic) bond motifs is 11. The number of hydrogen-bond acceptors (Lipinski definition) is 4. The van der Waals surface area contributed by atoms with Crippen molar-refractivity contribution in [2.75, 3.05) is 4.90 Å². The lowest BCUT2D eigenvalue weighted by Crippen LogP contribution is -2.10. The van der Waals surface area contributed by atoms with Crippen molar-refractivity contribution in [2.24, 2.45) is 0 Å². The van der Waals surface area contributed by atoms with Crippen molar-refractivity contribution in [2.45, 2.75) is 0 Å². The average molecular weight is 658 g/mol. The van der Waals surface area contributed by atoms with Crippen molar-refractivity contribution in [1.82, 2.24) is 0 Å². The molecule has 11 rings (SSSR count). The number of anilines is 3. The van der Waals surface area contributed by atoms with Gasteiger partial charge in [0.05, 0.1) is 11.4 Å². The van der Waals surface area contributed by atoms with E-state index < -0.39 is 0 Å². The monoisotopic (exact) mass is 657 g/mol. The molecule has 234 valence electrons. The van der Waals surface area contributed by atoms with Gasteiger partial charge in [0, 0.05) is 47.4 Å². The molecule has 3 aromatic heterocycles. The number of hydrogen-bond donors (Lipinski definition) is 0. The summed E-state index contributed by atoms with van der Waals surface area (Å²) in [5.74, 6) is 0. The van der Waals surface area contributed by atoms with Crippen LogP contribution in [0.15, 0.2) is 173 Å². The Hall–Kier alpha value is -6.36. The van der Waals surface area contributed by atoms with Crippen LogP contribution in [0.1, 0.15) is 0 Å². The van der Waals surface area contributed by atoms with Gasteiger partial charge in [0.1, 0.15) is 11.2 Å². The summed E-state index contributed by atoms with van der Waals surface area (Å²) in [6.07, 6.45) is 0. The number of para-hydroxylation sites is 3. The van der Waals surface area contributed by atoms with E-state index in [1.54, 1.807) is 0 Å². The molecule has 0 saturated carbocycles. The minimum absolute atomic E-state index is 0.839. The van der Waals surface area contributed by atoms with Crippen molar-refractivity contribution < 1.29 is 8.83 Å². The summed E-state index contributed by atoms with van der Waals surface area (Å²) >= 11 is 1.81. The van der Waals surface area contributed by atoms with Crippen LogP contribution in [-0.2, 0) is 0 Å². The summed E-state index contributed by atoms with van der Waals surface area (Å²) in [6.45, 7) is 0. The topological polar surface area (TPSA) is 29.5 Å². The van der Waals surface area contributed by atoms with Crippen molar-refractivity contribution in [3.63, 3.8) is 0 Å². The molecule has 0 aliphatic carbocycles. The molecule has 0 N–H and O–H groups in total. The van der Waals surface area contributed by atoms with E-state index in [0.29, 0.717) is 0 Å². The van der Waals surface area contributed by atoms with Gasteiger partial charge in [0.15, 0.2) is 11.2 Å². The normalized spacial score (nSPS) is 12.0. The highest BCUT2D eigenvalue weighted by Gasteiger charge is 2.24. The molecule has 0 spiro atoms. The molecule has 0 atom stereocenters. The summed E-state index contributed by atoms with van der Waals surface area (Å²) in [5, 5.41) is 9.27. The number of thiophene rings is 1. The molecule has 3 nitrogen and oxygen atoms in total. The van der Waals surface area contributed by atoms with Gasteiger partial charge in [-0.05, 0) is 76.5 Å². The molecule has 8 aromatic carbocycles. The molecule has 0 bridgehead atoms. The van der Waals surface area contributed by atoms with Gasteiger partial charge in [0.2, 0.25) is 0 Å². The van der Waals surface area contributed by atoms with Gasteiger partial charge in [-0.2, -0.15) is 0 Å². The highest BCUT2D eigenvalue weighted by molar-refractivity contribution is 7.26. The number of rotatable bonds is 4. The molecule has 3 heterocycles. The van der Waals surface area contributed by atoms with Gasteiger partial charge in [-0.15, -0.1) is 11.3 Å². The zero-order chi connectivity index (χ0) is 32.8. The second kappa shape index (κ2) is 10.6. The molecule has 11 aromatic rings. The van der Waals surface area contributed by atoms with E-state index in [9.17, 15) is 0 Å². The van der Waals surface area contributed by atoms with E-state index >= 15 is 0 Å². The highest BCUT2D eigenvalue weighted by atomic mass is 32.1. The van der Waals surface area contributed by atoms with Gasteiger partial charge in [-0.3, -0.25) is 0 Å². The first-order valence-electron chi connectivity index (χ1n) is 16.8. The van der Waals surface area contributed by atoms with Gasteiger partial charge in [0.25, 0.3) is 0 Å². The maximum Gasteiger partial charge on any atom is 0.159 e. The zero-order valence-corrected chi connectivity index (χ0v) is 27.6. The van der Waals surface area contributed by atoms with Gasteiger partial charge >= 0.3 is 0 Å². The lowest BCUT2D eigenvalue weighted by Gasteiger charge is -2.25. The van der Waals surface area contributed by atoms with E-state index in [4.69, 9.17) is 8.83 Å². The third-order valence-corrected chi connectivity index (χ3v) is 11.2. The first kappa shape index (κ1) is 27.6. The fraction of sp³-hybridized carbons (Fsp3) is 0. The van der Waals surface area contributed by atoms with Crippen LogP contribution in [0.3, 0.4) is 0 Å². The second-order valence-electron chi connectivity index (χ2n) is 12.9. The molecule has 0 fully saturated rings. The van der Waals surface area contributed by atoms with Crippen LogP contribution < -0.4 is 4.90 Å². The maximum absolute atomic E-state index is 7.03. The van der Waals surface area contributed by atoms with E-state index in [1.165, 1.54) is 36.5 Å². The lowest BCUT2D eigenvalue weighted by atomic mass is 10.0. The number of furan rings is 2. The Balaban J connectivity index is 1.16. The Morgan fingerprint density at radius 3 is 1.88 bits per heavy atom. The van der Waals surface area contributed by atoms with E-state index in [1.807, 2.05) is 23.5 Å². The van der Waals surface area contributed by atoms with Gasteiger partial charge in [-0.25, -0.2) is 0 Å². The van der Waals surface area contributed by atoms with Crippen molar-refractivity contribution in [3.05, 3.63) is 164 Å². The van der Waals surface area contributed by atoms with Crippen LogP contribution in [0.4, 0.5) is 17.1 Å². The summed E-state index contributed by atoms with van der Waals surface area (Å²) in [6, 6.07) is 58.2. The predicted molar refractivity (Wildman–Crippen MR) is 212 cm³/mol. The van der Waals surface area contributed by atoms with E-state index in [0.717, 1.165) is 66.5 Å². The predicted octanol–water partition coefficient (Wildman–Crippen LogP) is 14.1. The summed E-state index contributed by atoms with van der Waals surface area (Å²) < 4.78 is 16.2. The van der Waals surface area contributed by atoms with Crippen LogP contribution in [0.5, 0.6) is 0 Å². The molecule has 4 heteroatoms. The molecule has 0 unspecified atom stereocenters. The second-order valence-corrected chi connectivity index (χ2v) is 13.9. The molecular weight excluding hydrogens is 631 g/mol. The molecule has 0 aliphatic rings. The first-order chi connectivity index (χ1) is 24.8. The Morgan fingerprint density at radius 2 is 1.04 bits per heavy atom. The van der Waals surface area contributed by atoms with Crippen molar-refractivity contribution in [1.29, 1.82) is 0 Å². The maximum atomic E-state index is 7.03. The van der Waals surface area contributed by atoms with Crippen molar-refractivity contribution in [3.8, 4) is 11.1 Å². The fourth-order valence-electron chi connectivity index (χ4n) is 7.71. The number of benzene rings is 8. The standard InChI is InChI=1S/C46H27NO2S/c1-2-10-30-27-31(20-19-28(30)9-1)29-21-23-32(24-22-29)47(38-15-7-13-34-33-11-3-5-17-40(33)48-44(34)38)39-16-8-14-35-36-25-26-42-43(46(36)49-45(35)39)37-12-4-6-18-41(37)50-42/h1-27H. The van der Waals surface area contributed by atoms with Crippen LogP contribution in [0, 0.1) is 0 Å². The fourth-order valence-corrected chi connectivity index (χ4v) is 8.82. The summed E-state index contributed by atoms with van der Waals surface area (Å²) in [4.78, 5) is 2.29. The van der Waals surface area contributed by atoms with Gasteiger partial charge < -0.3 is 13.7 Å². The largest absolute Gasteiger partial charge is 0.454 e. The molecule has 0 saturated heterocycles. The Morgan fingerprint density at radius 1 is 0.400 bits per heavy atom. The Kier molecular flexibility index (Phi) is 5.83. The number of nitrogens with zero attached hydrogens (tertiary/aromatic N) is 1.